The van der Waals surface area contributed by atoms with E-state index in [1.165, 1.54) is 29.6 Å². The molecule has 0 radical (unpaired) electrons. The van der Waals surface area contributed by atoms with Gasteiger partial charge in [-0.05, 0) is 5.56 Å². The van der Waals surface area contributed by atoms with Crippen molar-refractivity contribution in [3.05, 3.63) is 71.3 Å². The summed E-state index contributed by atoms with van der Waals surface area (Å²) < 4.78 is 24.7. The fraction of sp³-hybridized carbons (Fsp3) is 0.357. The number of rotatable bonds is 10. The van der Waals surface area contributed by atoms with E-state index in [1.807, 2.05) is 18.2 Å². The molecule has 3 N–H and O–H groups in total. The van der Waals surface area contributed by atoms with Gasteiger partial charge < -0.3 is 24.3 Å². The monoisotopic (exact) mass is 622 g/mol. The number of imidazole rings is 2. The second-order valence-electron chi connectivity index (χ2n) is 10.2. The second-order valence-corrected chi connectivity index (χ2v) is 10.2. The number of carbonyl (C=O) groups is 4. The van der Waals surface area contributed by atoms with E-state index in [4.69, 9.17) is 18.9 Å². The van der Waals surface area contributed by atoms with Crippen LogP contribution in [0.4, 0.5) is 15.5 Å². The van der Waals surface area contributed by atoms with E-state index in [0.717, 1.165) is 10.1 Å². The maximum atomic E-state index is 12.7. The molecule has 1 saturated heterocycles. The Morgan fingerprint density at radius 1 is 1.13 bits per heavy atom. The first-order valence-corrected chi connectivity index (χ1v) is 13.9. The van der Waals surface area contributed by atoms with Crippen LogP contribution in [-0.2, 0) is 35.1 Å². The molecular weight excluding hydrogens is 592 g/mol. The molecule has 0 bridgehead atoms. The van der Waals surface area contributed by atoms with Crippen LogP contribution >= 0.6 is 0 Å². The molecule has 1 fully saturated rings. The Balaban J connectivity index is 1.27. The highest BCUT2D eigenvalue weighted by molar-refractivity contribution is 5.91. The number of hydrogen-bond acceptors (Lipinski definition) is 12. The van der Waals surface area contributed by atoms with Gasteiger partial charge in [0, 0.05) is 24.7 Å². The zero-order valence-electron chi connectivity index (χ0n) is 24.2. The molecule has 4 aromatic rings. The molecule has 17 heteroatoms. The lowest BCUT2D eigenvalue weighted by molar-refractivity contribution is -0.143. The van der Waals surface area contributed by atoms with Gasteiger partial charge in [-0.2, -0.15) is 4.98 Å². The van der Waals surface area contributed by atoms with Gasteiger partial charge in [-0.1, -0.05) is 44.2 Å². The largest absolute Gasteiger partial charge is 0.460 e. The van der Waals surface area contributed by atoms with Crippen LogP contribution in [0.5, 0.6) is 0 Å². The number of fused-ring (bicyclic) bond motifs is 1. The van der Waals surface area contributed by atoms with Crippen molar-refractivity contribution in [2.24, 2.45) is 5.92 Å². The van der Waals surface area contributed by atoms with Crippen LogP contribution in [0.2, 0.25) is 0 Å². The molecule has 4 heterocycles. The zero-order chi connectivity index (χ0) is 31.9. The Morgan fingerprint density at radius 3 is 2.67 bits per heavy atom. The lowest BCUT2D eigenvalue weighted by Gasteiger charge is -2.19. The van der Waals surface area contributed by atoms with Gasteiger partial charge in [-0.25, -0.2) is 24.1 Å². The fourth-order valence-corrected chi connectivity index (χ4v) is 4.31. The lowest BCUT2D eigenvalue weighted by atomic mass is 10.2. The molecule has 0 unspecified atom stereocenters. The molecule has 3 aromatic heterocycles. The van der Waals surface area contributed by atoms with Crippen LogP contribution in [-0.4, -0.2) is 78.5 Å². The summed E-state index contributed by atoms with van der Waals surface area (Å²) in [5.74, 6) is -1.48. The van der Waals surface area contributed by atoms with Gasteiger partial charge in [0.25, 0.3) is 5.56 Å². The van der Waals surface area contributed by atoms with Crippen LogP contribution < -0.4 is 16.2 Å². The SMILES string of the molecule is CC(C)C(=O)Nc1nc2c(ncn2[C@H]2C[C@@H](OC(=O)NCC(=O)OCc3ccccc3)[C@@H](COC(=O)n3ccnc3)O2)c(=O)[nH]1. The van der Waals surface area contributed by atoms with Gasteiger partial charge in [0.2, 0.25) is 11.9 Å². The normalized spacial score (nSPS) is 17.6. The highest BCUT2D eigenvalue weighted by atomic mass is 16.6. The van der Waals surface area contributed by atoms with Crippen LogP contribution in [0, 0.1) is 5.92 Å². The topological polar surface area (TPSA) is 211 Å². The predicted octanol–water partition coefficient (Wildman–Crippen LogP) is 1.72. The van der Waals surface area contributed by atoms with Crippen molar-refractivity contribution in [3.63, 3.8) is 0 Å². The molecule has 1 aliphatic rings. The molecule has 45 heavy (non-hydrogen) atoms. The number of amides is 2. The molecule has 3 atom stereocenters. The van der Waals surface area contributed by atoms with E-state index >= 15 is 0 Å². The second kappa shape index (κ2) is 13.8. The van der Waals surface area contributed by atoms with E-state index in [9.17, 15) is 24.0 Å². The third-order valence-corrected chi connectivity index (χ3v) is 6.65. The number of anilines is 1. The summed E-state index contributed by atoms with van der Waals surface area (Å²) in [5, 5.41) is 4.89. The smallest absolute Gasteiger partial charge is 0.419 e. The summed E-state index contributed by atoms with van der Waals surface area (Å²) in [6.45, 7) is 2.64. The number of H-pyrrole nitrogens is 1. The van der Waals surface area contributed by atoms with Crippen molar-refractivity contribution >= 4 is 41.2 Å². The van der Waals surface area contributed by atoms with Gasteiger partial charge in [-0.15, -0.1) is 0 Å². The molecular formula is C28H30N8O9. The van der Waals surface area contributed by atoms with Crippen molar-refractivity contribution < 1.29 is 38.1 Å². The first kappa shape index (κ1) is 30.9. The number of benzene rings is 1. The molecule has 236 valence electrons. The standard InChI is InChI=1S/C28H30N8O9/c1-16(2)24(38)33-26-32-23-22(25(39)34-26)31-15-36(23)20-10-18(19(44-20)13-43-28(41)35-9-8-29-14-35)45-27(40)30-11-21(37)42-12-17-6-4-3-5-7-17/h3-9,14-16,18-20H,10-13H2,1-2H3,(H,30,40)(H2,32,33,34,38,39)/t18-,19-,20-/m1/s1. The van der Waals surface area contributed by atoms with Gasteiger partial charge in [0.05, 0.1) is 6.33 Å². The number of alkyl carbamates (subject to hydrolysis) is 1. The minimum Gasteiger partial charge on any atom is -0.460 e. The maximum absolute atomic E-state index is 12.7. The Labute approximate surface area is 254 Å². The third-order valence-electron chi connectivity index (χ3n) is 6.65. The number of carbonyl (C=O) groups excluding carboxylic acids is 4. The summed E-state index contributed by atoms with van der Waals surface area (Å²) in [6, 6.07) is 9.04. The van der Waals surface area contributed by atoms with Gasteiger partial charge in [-0.3, -0.25) is 29.3 Å². The molecule has 0 saturated carbocycles. The maximum Gasteiger partial charge on any atom is 0.419 e. The summed E-state index contributed by atoms with van der Waals surface area (Å²) >= 11 is 0. The van der Waals surface area contributed by atoms with Crippen molar-refractivity contribution in [3.8, 4) is 0 Å². The Morgan fingerprint density at radius 2 is 1.93 bits per heavy atom. The van der Waals surface area contributed by atoms with Crippen molar-refractivity contribution in [2.75, 3.05) is 18.5 Å². The number of nitrogens with one attached hydrogen (secondary N) is 3. The molecule has 1 aromatic carbocycles. The summed E-state index contributed by atoms with van der Waals surface area (Å²) in [4.78, 5) is 76.8. The fourth-order valence-electron chi connectivity index (χ4n) is 4.31. The molecule has 17 nitrogen and oxygen atoms in total. The Kier molecular flexibility index (Phi) is 9.47. The third kappa shape index (κ3) is 7.69. The minimum absolute atomic E-state index is 0.0136. The summed E-state index contributed by atoms with van der Waals surface area (Å²) in [6.07, 6.45) is 0.947. The minimum atomic E-state index is -0.967. The van der Waals surface area contributed by atoms with Crippen LogP contribution in [0.1, 0.15) is 32.1 Å². The average molecular weight is 623 g/mol. The first-order chi connectivity index (χ1) is 21.7. The van der Waals surface area contributed by atoms with E-state index in [2.05, 4.69) is 30.6 Å². The van der Waals surface area contributed by atoms with Crippen LogP contribution in [0.15, 0.2) is 60.2 Å². The Hall–Kier alpha value is -5.58. The number of esters is 1. The summed E-state index contributed by atoms with van der Waals surface area (Å²) in [5.41, 5.74) is 0.283. The van der Waals surface area contributed by atoms with Gasteiger partial charge in [0.1, 0.15) is 44.5 Å². The predicted molar refractivity (Wildman–Crippen MR) is 154 cm³/mol. The van der Waals surface area contributed by atoms with Crippen LogP contribution in [0.25, 0.3) is 11.2 Å². The van der Waals surface area contributed by atoms with E-state index in [-0.39, 0.29) is 48.6 Å². The average Bonchev–Trinajstić information content (AvgIpc) is 3.79. The highest BCUT2D eigenvalue weighted by Crippen LogP contribution is 2.33. The van der Waals surface area contributed by atoms with E-state index in [1.54, 1.807) is 26.0 Å². The molecule has 2 amide bonds. The number of hydrogen-bond donors (Lipinski definition) is 3. The van der Waals surface area contributed by atoms with E-state index in [0.29, 0.717) is 0 Å². The van der Waals surface area contributed by atoms with Gasteiger partial charge in [0.15, 0.2) is 11.2 Å². The molecule has 5 rings (SSSR count). The quantitative estimate of drug-likeness (QED) is 0.170. The van der Waals surface area contributed by atoms with Crippen LogP contribution in [0.3, 0.4) is 0 Å². The number of ether oxygens (including phenoxy) is 4. The van der Waals surface area contributed by atoms with Gasteiger partial charge >= 0.3 is 18.2 Å². The number of nitrogens with zero attached hydrogens (tertiary/aromatic N) is 5. The molecule has 0 aliphatic carbocycles. The van der Waals surface area contributed by atoms with E-state index < -0.39 is 48.7 Å². The zero-order valence-corrected chi connectivity index (χ0v) is 24.2. The highest BCUT2D eigenvalue weighted by Gasteiger charge is 2.41. The lowest BCUT2D eigenvalue weighted by Crippen LogP contribution is -2.38. The van der Waals surface area contributed by atoms with Crippen molar-refractivity contribution in [2.45, 2.75) is 45.3 Å². The number of aromatic amines is 1. The van der Waals surface area contributed by atoms with Crippen molar-refractivity contribution in [1.82, 2.24) is 34.4 Å². The first-order valence-electron chi connectivity index (χ1n) is 13.9. The Bertz CT molecular complexity index is 1720. The molecule has 1 aliphatic heterocycles. The molecule has 0 spiro atoms. The van der Waals surface area contributed by atoms with Crippen molar-refractivity contribution in [1.29, 1.82) is 0 Å². The number of aromatic nitrogens is 6. The summed E-state index contributed by atoms with van der Waals surface area (Å²) in [7, 11) is 0.